The Hall–Kier alpha value is -1.69. The lowest BCUT2D eigenvalue weighted by molar-refractivity contribution is 0.361. The average Bonchev–Trinajstić information content (AvgIpc) is 2.55. The summed E-state index contributed by atoms with van der Waals surface area (Å²) in [7, 11) is -3.49. The monoisotopic (exact) mass is 330 g/mol. The first-order chi connectivity index (χ1) is 11.0. The molecule has 3 rings (SSSR count). The summed E-state index contributed by atoms with van der Waals surface area (Å²) in [6.45, 7) is 2.93. The summed E-state index contributed by atoms with van der Waals surface area (Å²) >= 11 is 0. The third kappa shape index (κ3) is 3.99. The molecular formula is C18H22N2O2S. The van der Waals surface area contributed by atoms with E-state index in [9.17, 15) is 8.42 Å². The first-order valence-corrected chi connectivity index (χ1v) is 9.44. The summed E-state index contributed by atoms with van der Waals surface area (Å²) in [6.07, 6.45) is 1.64. The molecule has 2 N–H and O–H groups in total. The van der Waals surface area contributed by atoms with Crippen molar-refractivity contribution < 1.29 is 8.42 Å². The van der Waals surface area contributed by atoms with Gasteiger partial charge in [0, 0.05) is 12.1 Å². The predicted molar refractivity (Wildman–Crippen MR) is 92.7 cm³/mol. The van der Waals surface area contributed by atoms with Crippen molar-refractivity contribution in [3.63, 3.8) is 0 Å². The largest absolute Gasteiger partial charge is 0.314 e. The van der Waals surface area contributed by atoms with E-state index in [1.54, 1.807) is 18.2 Å². The van der Waals surface area contributed by atoms with Gasteiger partial charge in [-0.3, -0.25) is 0 Å². The van der Waals surface area contributed by atoms with Gasteiger partial charge in [0.05, 0.1) is 4.90 Å². The quantitative estimate of drug-likeness (QED) is 0.906. The third-order valence-electron chi connectivity index (χ3n) is 4.20. The molecule has 0 saturated carbocycles. The van der Waals surface area contributed by atoms with Gasteiger partial charge < -0.3 is 5.32 Å². The van der Waals surface area contributed by atoms with Crippen LogP contribution in [-0.2, 0) is 10.0 Å². The highest BCUT2D eigenvalue weighted by atomic mass is 32.2. The van der Waals surface area contributed by atoms with E-state index >= 15 is 0 Å². The molecule has 0 bridgehead atoms. The summed E-state index contributed by atoms with van der Waals surface area (Å²) in [4.78, 5) is 0.324. The van der Waals surface area contributed by atoms with Gasteiger partial charge in [0.15, 0.2) is 0 Å². The second kappa shape index (κ2) is 6.83. The van der Waals surface area contributed by atoms with Crippen LogP contribution in [0, 0.1) is 0 Å². The van der Waals surface area contributed by atoms with Gasteiger partial charge in [0.1, 0.15) is 0 Å². The molecule has 0 spiro atoms. The second-order valence-corrected chi connectivity index (χ2v) is 7.81. The molecule has 2 unspecified atom stereocenters. The number of hydrogen-bond donors (Lipinski definition) is 2. The number of piperidine rings is 1. The van der Waals surface area contributed by atoms with Crippen LogP contribution in [0.2, 0.25) is 0 Å². The molecule has 0 radical (unpaired) electrons. The highest BCUT2D eigenvalue weighted by Crippen LogP contribution is 2.23. The van der Waals surface area contributed by atoms with Crippen molar-refractivity contribution in [2.45, 2.75) is 36.7 Å². The summed E-state index contributed by atoms with van der Waals surface area (Å²) in [5, 5.41) is 3.33. The van der Waals surface area contributed by atoms with Gasteiger partial charge in [-0.15, -0.1) is 0 Å². The molecule has 1 saturated heterocycles. The van der Waals surface area contributed by atoms with E-state index in [4.69, 9.17) is 0 Å². The van der Waals surface area contributed by atoms with Crippen LogP contribution < -0.4 is 10.0 Å². The van der Waals surface area contributed by atoms with Gasteiger partial charge in [-0.2, -0.15) is 0 Å². The Kier molecular flexibility index (Phi) is 4.80. The predicted octanol–water partition coefficient (Wildman–Crippen LogP) is 2.77. The maximum absolute atomic E-state index is 12.7. The summed E-state index contributed by atoms with van der Waals surface area (Å²) in [5.74, 6) is 0. The van der Waals surface area contributed by atoms with Crippen LogP contribution in [0.15, 0.2) is 59.5 Å². The number of nitrogens with one attached hydrogen (secondary N) is 2. The topological polar surface area (TPSA) is 58.2 Å². The molecule has 4 nitrogen and oxygen atoms in total. The van der Waals surface area contributed by atoms with E-state index in [1.807, 2.05) is 36.4 Å². The molecule has 1 fully saturated rings. The van der Waals surface area contributed by atoms with E-state index in [1.165, 1.54) is 0 Å². The van der Waals surface area contributed by atoms with Crippen molar-refractivity contribution in [3.8, 4) is 11.1 Å². The van der Waals surface area contributed by atoms with Crippen LogP contribution in [0.25, 0.3) is 11.1 Å². The van der Waals surface area contributed by atoms with Gasteiger partial charge >= 0.3 is 0 Å². The summed E-state index contributed by atoms with van der Waals surface area (Å²) in [6, 6.07) is 17.3. The van der Waals surface area contributed by atoms with Crippen molar-refractivity contribution in [3.05, 3.63) is 54.6 Å². The van der Waals surface area contributed by atoms with Gasteiger partial charge in [-0.05, 0) is 49.6 Å². The Morgan fingerprint density at radius 1 is 1.04 bits per heavy atom. The highest BCUT2D eigenvalue weighted by Gasteiger charge is 2.24. The molecule has 2 atom stereocenters. The van der Waals surface area contributed by atoms with Crippen LogP contribution in [0.4, 0.5) is 0 Å². The maximum atomic E-state index is 12.7. The number of rotatable bonds is 4. The molecule has 0 aliphatic carbocycles. The normalized spacial score (nSPS) is 22.0. The first kappa shape index (κ1) is 16.2. The molecule has 23 heavy (non-hydrogen) atoms. The van der Waals surface area contributed by atoms with E-state index in [0.717, 1.165) is 30.5 Å². The molecule has 2 aromatic carbocycles. The Balaban J connectivity index is 1.83. The van der Waals surface area contributed by atoms with Gasteiger partial charge in [-0.25, -0.2) is 13.1 Å². The zero-order valence-electron chi connectivity index (χ0n) is 13.2. The highest BCUT2D eigenvalue weighted by molar-refractivity contribution is 7.89. The molecule has 122 valence electrons. The molecule has 0 aromatic heterocycles. The van der Waals surface area contributed by atoms with Crippen molar-refractivity contribution >= 4 is 10.0 Å². The third-order valence-corrected chi connectivity index (χ3v) is 5.72. The fourth-order valence-electron chi connectivity index (χ4n) is 3.00. The molecule has 5 heteroatoms. The molecule has 0 amide bonds. The van der Waals surface area contributed by atoms with E-state index in [2.05, 4.69) is 17.0 Å². The SMILES string of the molecule is CC1CC(NS(=O)(=O)c2cccc(-c3ccccc3)c2)CCN1. The van der Waals surface area contributed by atoms with E-state index in [-0.39, 0.29) is 6.04 Å². The fraction of sp³-hybridized carbons (Fsp3) is 0.333. The first-order valence-electron chi connectivity index (χ1n) is 7.96. The summed E-state index contributed by atoms with van der Waals surface area (Å²) < 4.78 is 28.2. The zero-order chi connectivity index (χ0) is 16.3. The lowest BCUT2D eigenvalue weighted by atomic mass is 10.0. The number of sulfonamides is 1. The Bertz CT molecular complexity index is 760. The molecule has 1 aliphatic rings. The van der Waals surface area contributed by atoms with Crippen molar-refractivity contribution in [1.82, 2.24) is 10.0 Å². The van der Waals surface area contributed by atoms with Gasteiger partial charge in [-0.1, -0.05) is 42.5 Å². The minimum Gasteiger partial charge on any atom is -0.314 e. The second-order valence-electron chi connectivity index (χ2n) is 6.09. The van der Waals surface area contributed by atoms with Crippen LogP contribution in [0.1, 0.15) is 19.8 Å². The van der Waals surface area contributed by atoms with Crippen molar-refractivity contribution in [1.29, 1.82) is 0 Å². The summed E-state index contributed by atoms with van der Waals surface area (Å²) in [5.41, 5.74) is 1.92. The lowest BCUT2D eigenvalue weighted by Gasteiger charge is -2.28. The minimum atomic E-state index is -3.49. The van der Waals surface area contributed by atoms with Crippen molar-refractivity contribution in [2.75, 3.05) is 6.54 Å². The molecular weight excluding hydrogens is 308 g/mol. The maximum Gasteiger partial charge on any atom is 0.240 e. The van der Waals surface area contributed by atoms with Gasteiger partial charge in [0.25, 0.3) is 0 Å². The standard InChI is InChI=1S/C18H22N2O2S/c1-14-12-17(10-11-19-14)20-23(21,22)18-9-5-8-16(13-18)15-6-3-2-4-7-15/h2-9,13-14,17,19-20H,10-12H2,1H3. The number of hydrogen-bond acceptors (Lipinski definition) is 3. The Morgan fingerprint density at radius 3 is 2.52 bits per heavy atom. The smallest absolute Gasteiger partial charge is 0.240 e. The minimum absolute atomic E-state index is 0.00312. The average molecular weight is 330 g/mol. The Morgan fingerprint density at radius 2 is 1.78 bits per heavy atom. The van der Waals surface area contributed by atoms with Crippen molar-refractivity contribution in [2.24, 2.45) is 0 Å². The van der Waals surface area contributed by atoms with Crippen LogP contribution in [0.3, 0.4) is 0 Å². The van der Waals surface area contributed by atoms with E-state index < -0.39 is 10.0 Å². The van der Waals surface area contributed by atoms with Gasteiger partial charge in [0.2, 0.25) is 10.0 Å². The van der Waals surface area contributed by atoms with E-state index in [0.29, 0.717) is 10.9 Å². The molecule has 1 aliphatic heterocycles. The Labute approximate surface area is 138 Å². The lowest BCUT2D eigenvalue weighted by Crippen LogP contribution is -2.46. The zero-order valence-corrected chi connectivity index (χ0v) is 14.0. The van der Waals surface area contributed by atoms with Crippen LogP contribution in [0.5, 0.6) is 0 Å². The molecule has 2 aromatic rings. The van der Waals surface area contributed by atoms with Crippen LogP contribution in [-0.4, -0.2) is 27.0 Å². The van der Waals surface area contributed by atoms with Crippen LogP contribution >= 0.6 is 0 Å². The number of benzene rings is 2. The molecule has 1 heterocycles. The fourth-order valence-corrected chi connectivity index (χ4v) is 4.33.